The smallest absolute Gasteiger partial charge is 0.0357 e. The van der Waals surface area contributed by atoms with E-state index in [0.717, 1.165) is 0 Å². The number of fused-ring (bicyclic) bond motifs is 1. The van der Waals surface area contributed by atoms with Crippen molar-refractivity contribution in [3.8, 4) is 0 Å². The fourth-order valence-electron chi connectivity index (χ4n) is 2.86. The molecule has 1 nitrogen and oxygen atoms in total. The van der Waals surface area contributed by atoms with Gasteiger partial charge in [0.15, 0.2) is 0 Å². The zero-order valence-corrected chi connectivity index (χ0v) is 13.5. The van der Waals surface area contributed by atoms with Crippen molar-refractivity contribution in [1.82, 2.24) is 4.98 Å². The van der Waals surface area contributed by atoms with Crippen LogP contribution in [0.5, 0.6) is 0 Å². The van der Waals surface area contributed by atoms with Gasteiger partial charge in [0.05, 0.1) is 0 Å². The van der Waals surface area contributed by atoms with Crippen LogP contribution in [0.4, 0.5) is 0 Å². The van der Waals surface area contributed by atoms with Crippen LogP contribution in [-0.2, 0) is 0 Å². The normalized spacial score (nSPS) is 11.0. The Morgan fingerprint density at radius 3 is 1.78 bits per heavy atom. The summed E-state index contributed by atoms with van der Waals surface area (Å²) in [7, 11) is -0.608. The summed E-state index contributed by atoms with van der Waals surface area (Å²) < 4.78 is 0. The SMILES string of the molecule is c1ccc(P(c2ccccc2)c2cncc3ccccc23)cc1. The molecule has 0 N–H and O–H groups in total. The van der Waals surface area contributed by atoms with Crippen LogP contribution < -0.4 is 15.9 Å². The first kappa shape index (κ1) is 14.1. The number of hydrogen-bond acceptors (Lipinski definition) is 1. The van der Waals surface area contributed by atoms with Crippen molar-refractivity contribution in [2.24, 2.45) is 0 Å². The Hall–Kier alpha value is -2.50. The molecule has 4 aromatic rings. The van der Waals surface area contributed by atoms with Gasteiger partial charge in [0.2, 0.25) is 0 Å². The van der Waals surface area contributed by atoms with Crippen molar-refractivity contribution in [1.29, 1.82) is 0 Å². The number of nitrogens with zero attached hydrogens (tertiary/aromatic N) is 1. The molecule has 0 amide bonds. The fraction of sp³-hybridized carbons (Fsp3) is 0. The highest BCUT2D eigenvalue weighted by Gasteiger charge is 2.18. The van der Waals surface area contributed by atoms with E-state index in [1.807, 2.05) is 12.4 Å². The predicted octanol–water partition coefficient (Wildman–Crippen LogP) is 3.99. The van der Waals surface area contributed by atoms with E-state index in [-0.39, 0.29) is 0 Å². The van der Waals surface area contributed by atoms with Crippen LogP contribution in [0.2, 0.25) is 0 Å². The number of rotatable bonds is 3. The monoisotopic (exact) mass is 313 g/mol. The minimum Gasteiger partial charge on any atom is -0.263 e. The second kappa shape index (κ2) is 6.32. The van der Waals surface area contributed by atoms with Gasteiger partial charge in [0, 0.05) is 23.1 Å². The Labute approximate surface area is 137 Å². The van der Waals surface area contributed by atoms with Gasteiger partial charge in [-0.05, 0) is 23.9 Å². The van der Waals surface area contributed by atoms with Crippen LogP contribution in [0.25, 0.3) is 10.8 Å². The lowest BCUT2D eigenvalue weighted by Crippen LogP contribution is -2.21. The highest BCUT2D eigenvalue weighted by Crippen LogP contribution is 2.34. The first-order valence-electron chi connectivity index (χ1n) is 7.66. The van der Waals surface area contributed by atoms with Gasteiger partial charge in [-0.15, -0.1) is 0 Å². The average Bonchev–Trinajstić information content (AvgIpc) is 2.64. The molecule has 0 saturated heterocycles. The van der Waals surface area contributed by atoms with Crippen LogP contribution in [0.1, 0.15) is 0 Å². The molecule has 110 valence electrons. The molecule has 0 aliphatic carbocycles. The molecule has 23 heavy (non-hydrogen) atoms. The summed E-state index contributed by atoms with van der Waals surface area (Å²) in [6.45, 7) is 0. The third-order valence-electron chi connectivity index (χ3n) is 3.92. The maximum atomic E-state index is 4.50. The topological polar surface area (TPSA) is 12.9 Å². The summed E-state index contributed by atoms with van der Waals surface area (Å²) in [5.41, 5.74) is 0. The van der Waals surface area contributed by atoms with Crippen molar-refractivity contribution in [3.05, 3.63) is 97.3 Å². The van der Waals surface area contributed by atoms with E-state index in [1.54, 1.807) is 0 Å². The quantitative estimate of drug-likeness (QED) is 0.521. The summed E-state index contributed by atoms with van der Waals surface area (Å²) in [6.07, 6.45) is 3.98. The summed E-state index contributed by atoms with van der Waals surface area (Å²) in [6, 6.07) is 30.0. The van der Waals surface area contributed by atoms with Crippen LogP contribution >= 0.6 is 7.92 Å². The Morgan fingerprint density at radius 1 is 0.565 bits per heavy atom. The highest BCUT2D eigenvalue weighted by molar-refractivity contribution is 7.80. The van der Waals surface area contributed by atoms with Crippen molar-refractivity contribution in [3.63, 3.8) is 0 Å². The van der Waals surface area contributed by atoms with Crippen molar-refractivity contribution in [2.45, 2.75) is 0 Å². The molecule has 0 radical (unpaired) electrons. The van der Waals surface area contributed by atoms with E-state index < -0.39 is 7.92 Å². The zero-order chi connectivity index (χ0) is 15.5. The lowest BCUT2D eigenvalue weighted by molar-refractivity contribution is 1.38. The first-order valence-corrected chi connectivity index (χ1v) is 9.00. The summed E-state index contributed by atoms with van der Waals surface area (Å²) >= 11 is 0. The molecule has 0 saturated carbocycles. The van der Waals surface area contributed by atoms with Crippen LogP contribution in [0, 0.1) is 0 Å². The van der Waals surface area contributed by atoms with Gasteiger partial charge in [-0.25, -0.2) is 0 Å². The Kier molecular flexibility index (Phi) is 3.88. The molecule has 3 aromatic carbocycles. The molecule has 0 atom stereocenters. The maximum Gasteiger partial charge on any atom is 0.0357 e. The van der Waals surface area contributed by atoms with Gasteiger partial charge in [0.25, 0.3) is 0 Å². The Morgan fingerprint density at radius 2 is 1.13 bits per heavy atom. The van der Waals surface area contributed by atoms with Gasteiger partial charge < -0.3 is 0 Å². The van der Waals surface area contributed by atoms with Gasteiger partial charge >= 0.3 is 0 Å². The van der Waals surface area contributed by atoms with E-state index in [0.29, 0.717) is 0 Å². The molecule has 1 aromatic heterocycles. The molecular formula is C21H16NP. The van der Waals surface area contributed by atoms with Gasteiger partial charge in [-0.1, -0.05) is 84.9 Å². The van der Waals surface area contributed by atoms with E-state index in [1.165, 1.54) is 26.7 Å². The number of aromatic nitrogens is 1. The molecule has 1 heterocycles. The van der Waals surface area contributed by atoms with Crippen molar-refractivity contribution < 1.29 is 0 Å². The van der Waals surface area contributed by atoms with E-state index in [2.05, 4.69) is 89.9 Å². The van der Waals surface area contributed by atoms with Gasteiger partial charge in [0.1, 0.15) is 0 Å². The molecule has 0 fully saturated rings. The molecule has 0 spiro atoms. The standard InChI is InChI=1S/C21H16NP/c1-3-10-18(11-4-1)23(19-12-5-2-6-13-19)21-16-22-15-17-9-7-8-14-20(17)21/h1-16H. The molecule has 0 unspecified atom stereocenters. The number of pyridine rings is 1. The molecular weight excluding hydrogens is 297 g/mol. The third kappa shape index (κ3) is 2.76. The molecule has 0 aliphatic rings. The fourth-order valence-corrected chi connectivity index (χ4v) is 5.28. The van der Waals surface area contributed by atoms with Crippen molar-refractivity contribution in [2.75, 3.05) is 0 Å². The minimum absolute atomic E-state index is 0.608. The minimum atomic E-state index is -0.608. The van der Waals surface area contributed by atoms with Gasteiger partial charge in [-0.3, -0.25) is 4.98 Å². The average molecular weight is 313 g/mol. The summed E-state index contributed by atoms with van der Waals surface area (Å²) in [5, 5.41) is 6.51. The van der Waals surface area contributed by atoms with Crippen LogP contribution in [-0.4, -0.2) is 4.98 Å². The van der Waals surface area contributed by atoms with E-state index in [9.17, 15) is 0 Å². The summed E-state index contributed by atoms with van der Waals surface area (Å²) in [4.78, 5) is 4.50. The van der Waals surface area contributed by atoms with E-state index in [4.69, 9.17) is 0 Å². The second-order valence-corrected chi connectivity index (χ2v) is 7.57. The second-order valence-electron chi connectivity index (χ2n) is 5.39. The lowest BCUT2D eigenvalue weighted by atomic mass is 10.2. The molecule has 0 aliphatic heterocycles. The number of hydrogen-bond donors (Lipinski definition) is 0. The first-order chi connectivity index (χ1) is 11.4. The lowest BCUT2D eigenvalue weighted by Gasteiger charge is -2.20. The van der Waals surface area contributed by atoms with E-state index >= 15 is 0 Å². The Bertz CT molecular complexity index is 875. The van der Waals surface area contributed by atoms with Crippen LogP contribution in [0.3, 0.4) is 0 Å². The molecule has 4 rings (SSSR count). The Balaban J connectivity index is 1.98. The molecule has 2 heteroatoms. The maximum absolute atomic E-state index is 4.50. The zero-order valence-electron chi connectivity index (χ0n) is 12.6. The highest BCUT2D eigenvalue weighted by atomic mass is 31.1. The predicted molar refractivity (Wildman–Crippen MR) is 100 cm³/mol. The van der Waals surface area contributed by atoms with Gasteiger partial charge in [-0.2, -0.15) is 0 Å². The van der Waals surface area contributed by atoms with Crippen LogP contribution in [0.15, 0.2) is 97.3 Å². The third-order valence-corrected chi connectivity index (χ3v) is 6.38. The van der Waals surface area contributed by atoms with Crippen molar-refractivity contribution >= 4 is 34.6 Å². The summed E-state index contributed by atoms with van der Waals surface area (Å²) in [5.74, 6) is 0. The largest absolute Gasteiger partial charge is 0.263 e. The number of benzene rings is 3. The molecule has 0 bridgehead atoms.